The molecule has 27 heavy (non-hydrogen) atoms. The van der Waals surface area contributed by atoms with Crippen molar-refractivity contribution >= 4 is 27.5 Å². The highest BCUT2D eigenvalue weighted by atomic mass is 35.5. The zero-order chi connectivity index (χ0) is 19.6. The van der Waals surface area contributed by atoms with Crippen molar-refractivity contribution in [2.75, 3.05) is 26.2 Å². The molecule has 2 aromatic rings. The SMILES string of the molecule is Cc1nc(S(=O)(=O)N2CCCN(C(=O)Cc3ccc(Cl)cc3)CC2)cn1C. The molecule has 0 aliphatic carbocycles. The van der Waals surface area contributed by atoms with E-state index in [0.29, 0.717) is 36.9 Å². The van der Waals surface area contributed by atoms with Crippen molar-refractivity contribution in [3.05, 3.63) is 46.9 Å². The van der Waals surface area contributed by atoms with Gasteiger partial charge in [-0.25, -0.2) is 13.4 Å². The molecule has 1 amide bonds. The quantitative estimate of drug-likeness (QED) is 0.770. The lowest BCUT2D eigenvalue weighted by atomic mass is 10.1. The van der Waals surface area contributed by atoms with E-state index < -0.39 is 10.0 Å². The average molecular weight is 411 g/mol. The van der Waals surface area contributed by atoms with Crippen LogP contribution in [-0.4, -0.2) is 59.3 Å². The van der Waals surface area contributed by atoms with Crippen LogP contribution < -0.4 is 0 Å². The summed E-state index contributed by atoms with van der Waals surface area (Å²) < 4.78 is 28.8. The van der Waals surface area contributed by atoms with Gasteiger partial charge in [-0.3, -0.25) is 4.79 Å². The molecule has 146 valence electrons. The second kappa shape index (κ2) is 8.00. The number of imidazole rings is 1. The first-order valence-electron chi connectivity index (χ1n) is 8.80. The third kappa shape index (κ3) is 4.51. The number of benzene rings is 1. The van der Waals surface area contributed by atoms with Gasteiger partial charge in [-0.15, -0.1) is 0 Å². The highest BCUT2D eigenvalue weighted by Crippen LogP contribution is 2.18. The summed E-state index contributed by atoms with van der Waals surface area (Å²) in [5.74, 6) is 0.633. The van der Waals surface area contributed by atoms with Crippen LogP contribution in [0.5, 0.6) is 0 Å². The number of amides is 1. The monoisotopic (exact) mass is 410 g/mol. The van der Waals surface area contributed by atoms with Crippen LogP contribution in [-0.2, 0) is 28.3 Å². The molecule has 1 aliphatic heterocycles. The molecule has 2 heterocycles. The molecular weight excluding hydrogens is 388 g/mol. The molecule has 1 aromatic heterocycles. The fourth-order valence-corrected chi connectivity index (χ4v) is 4.68. The van der Waals surface area contributed by atoms with Gasteiger partial charge in [0.15, 0.2) is 5.03 Å². The van der Waals surface area contributed by atoms with Gasteiger partial charge in [-0.1, -0.05) is 23.7 Å². The number of rotatable bonds is 4. The summed E-state index contributed by atoms with van der Waals surface area (Å²) in [7, 11) is -1.89. The Morgan fingerprint density at radius 3 is 2.48 bits per heavy atom. The van der Waals surface area contributed by atoms with Crippen molar-refractivity contribution in [2.45, 2.75) is 24.8 Å². The second-order valence-corrected chi connectivity index (χ2v) is 9.00. The van der Waals surface area contributed by atoms with Crippen molar-refractivity contribution in [2.24, 2.45) is 7.05 Å². The summed E-state index contributed by atoms with van der Waals surface area (Å²) in [5.41, 5.74) is 0.891. The number of aromatic nitrogens is 2. The van der Waals surface area contributed by atoms with E-state index in [1.807, 2.05) is 12.1 Å². The summed E-state index contributed by atoms with van der Waals surface area (Å²) in [6.07, 6.45) is 2.40. The van der Waals surface area contributed by atoms with Crippen LogP contribution in [0, 0.1) is 6.92 Å². The lowest BCUT2D eigenvalue weighted by molar-refractivity contribution is -0.130. The molecule has 1 aliphatic rings. The van der Waals surface area contributed by atoms with Gasteiger partial charge >= 0.3 is 0 Å². The molecular formula is C18H23ClN4O3S. The highest BCUT2D eigenvalue weighted by molar-refractivity contribution is 7.89. The number of carbonyl (C=O) groups is 1. The van der Waals surface area contributed by atoms with Crippen molar-refractivity contribution in [3.8, 4) is 0 Å². The smallest absolute Gasteiger partial charge is 0.262 e. The minimum Gasteiger partial charge on any atom is -0.341 e. The van der Waals surface area contributed by atoms with Crippen LogP contribution >= 0.6 is 11.6 Å². The largest absolute Gasteiger partial charge is 0.341 e. The highest BCUT2D eigenvalue weighted by Gasteiger charge is 2.30. The van der Waals surface area contributed by atoms with Crippen LogP contribution in [0.15, 0.2) is 35.5 Å². The fraction of sp³-hybridized carbons (Fsp3) is 0.444. The first kappa shape index (κ1) is 19.9. The standard InChI is InChI=1S/C18H23ClN4O3S/c1-14-20-17(13-21(14)2)27(25,26)23-9-3-8-22(10-11-23)18(24)12-15-4-6-16(19)7-5-15/h4-7,13H,3,8-12H2,1-2H3. The minimum atomic E-state index is -3.65. The second-order valence-electron chi connectivity index (χ2n) is 6.68. The van der Waals surface area contributed by atoms with Gasteiger partial charge in [0.1, 0.15) is 5.82 Å². The number of carbonyl (C=O) groups excluding carboxylic acids is 1. The molecule has 0 saturated carbocycles. The summed E-state index contributed by atoms with van der Waals surface area (Å²) >= 11 is 5.87. The van der Waals surface area contributed by atoms with Gasteiger partial charge in [0.05, 0.1) is 6.42 Å². The lowest BCUT2D eigenvalue weighted by Gasteiger charge is -2.21. The average Bonchev–Trinajstić information content (AvgIpc) is 2.84. The Bertz CT molecular complexity index is 905. The van der Waals surface area contributed by atoms with Crippen molar-refractivity contribution in [3.63, 3.8) is 0 Å². The van der Waals surface area contributed by atoms with Gasteiger partial charge in [-0.2, -0.15) is 4.31 Å². The zero-order valence-corrected chi connectivity index (χ0v) is 17.0. The van der Waals surface area contributed by atoms with E-state index in [0.717, 1.165) is 5.56 Å². The number of hydrogen-bond donors (Lipinski definition) is 0. The van der Waals surface area contributed by atoms with Crippen LogP contribution in [0.4, 0.5) is 0 Å². The first-order valence-corrected chi connectivity index (χ1v) is 10.6. The minimum absolute atomic E-state index is 0.00903. The third-order valence-corrected chi connectivity index (χ3v) is 6.79. The Morgan fingerprint density at radius 2 is 1.85 bits per heavy atom. The Hall–Kier alpha value is -1.90. The molecule has 3 rings (SSSR count). The topological polar surface area (TPSA) is 75.5 Å². The van der Waals surface area contributed by atoms with Gasteiger partial charge in [0, 0.05) is 44.4 Å². The van der Waals surface area contributed by atoms with Crippen LogP contribution in [0.3, 0.4) is 0 Å². The number of halogens is 1. The van der Waals surface area contributed by atoms with E-state index in [1.54, 1.807) is 35.6 Å². The molecule has 1 saturated heterocycles. The molecule has 0 spiro atoms. The number of aryl methyl sites for hydroxylation is 2. The molecule has 0 atom stereocenters. The molecule has 1 fully saturated rings. The van der Waals surface area contributed by atoms with E-state index in [9.17, 15) is 13.2 Å². The van der Waals surface area contributed by atoms with E-state index in [1.165, 1.54) is 10.5 Å². The van der Waals surface area contributed by atoms with Gasteiger partial charge in [-0.05, 0) is 31.0 Å². The van der Waals surface area contributed by atoms with E-state index in [2.05, 4.69) is 4.98 Å². The van der Waals surface area contributed by atoms with Crippen LogP contribution in [0.2, 0.25) is 5.02 Å². The predicted molar refractivity (Wildman–Crippen MR) is 103 cm³/mol. The van der Waals surface area contributed by atoms with Crippen LogP contribution in [0.25, 0.3) is 0 Å². The molecule has 7 nitrogen and oxygen atoms in total. The van der Waals surface area contributed by atoms with E-state index in [-0.39, 0.29) is 23.9 Å². The number of sulfonamides is 1. The van der Waals surface area contributed by atoms with Gasteiger partial charge < -0.3 is 9.47 Å². The summed E-state index contributed by atoms with van der Waals surface area (Å²) in [5, 5.41) is 0.690. The first-order chi connectivity index (χ1) is 12.8. The lowest BCUT2D eigenvalue weighted by Crippen LogP contribution is -2.38. The molecule has 0 N–H and O–H groups in total. The molecule has 1 aromatic carbocycles. The maximum atomic E-state index is 12.8. The molecule has 0 radical (unpaired) electrons. The normalized spacial score (nSPS) is 16.3. The fourth-order valence-electron chi connectivity index (χ4n) is 3.06. The summed E-state index contributed by atoms with van der Waals surface area (Å²) in [6, 6.07) is 7.18. The molecule has 9 heteroatoms. The van der Waals surface area contributed by atoms with Gasteiger partial charge in [0.2, 0.25) is 5.91 Å². The zero-order valence-electron chi connectivity index (χ0n) is 15.4. The van der Waals surface area contributed by atoms with Crippen molar-refractivity contribution < 1.29 is 13.2 Å². The molecule has 0 unspecified atom stereocenters. The van der Waals surface area contributed by atoms with Crippen LogP contribution in [0.1, 0.15) is 17.8 Å². The van der Waals surface area contributed by atoms with E-state index in [4.69, 9.17) is 11.6 Å². The van der Waals surface area contributed by atoms with Gasteiger partial charge in [0.25, 0.3) is 10.0 Å². The maximum Gasteiger partial charge on any atom is 0.262 e. The van der Waals surface area contributed by atoms with Crippen molar-refractivity contribution in [1.82, 2.24) is 18.8 Å². The predicted octanol–water partition coefficient (Wildman–Crippen LogP) is 1.85. The third-order valence-electron chi connectivity index (χ3n) is 4.77. The summed E-state index contributed by atoms with van der Waals surface area (Å²) in [4.78, 5) is 18.5. The van der Waals surface area contributed by atoms with E-state index >= 15 is 0 Å². The maximum absolute atomic E-state index is 12.8. The van der Waals surface area contributed by atoms with Crippen molar-refractivity contribution in [1.29, 1.82) is 0 Å². The Labute approximate surface area is 164 Å². The Morgan fingerprint density at radius 1 is 1.15 bits per heavy atom. The summed E-state index contributed by atoms with van der Waals surface area (Å²) in [6.45, 7) is 3.32. The number of nitrogens with zero attached hydrogens (tertiary/aromatic N) is 4. The number of hydrogen-bond acceptors (Lipinski definition) is 4. The Kier molecular flexibility index (Phi) is 5.88. The molecule has 0 bridgehead atoms. The Balaban J connectivity index is 1.66.